The zero-order chi connectivity index (χ0) is 28.8. The van der Waals surface area contributed by atoms with E-state index in [1.807, 2.05) is 27.7 Å². The van der Waals surface area contributed by atoms with Crippen LogP contribution in [0.15, 0.2) is 6.07 Å². The minimum absolute atomic E-state index is 0.192. The van der Waals surface area contributed by atoms with Crippen molar-refractivity contribution >= 4 is 12.0 Å². The molecule has 1 saturated heterocycles. The number of hydrogen-bond acceptors (Lipinski definition) is 7. The van der Waals surface area contributed by atoms with Gasteiger partial charge in [-0.2, -0.15) is 0 Å². The Morgan fingerprint density at radius 3 is 1.74 bits per heavy atom. The summed E-state index contributed by atoms with van der Waals surface area (Å²) in [5, 5.41) is 0. The van der Waals surface area contributed by atoms with Crippen LogP contribution in [0.5, 0.6) is 23.0 Å². The fourth-order valence-corrected chi connectivity index (χ4v) is 3.97. The molecule has 2 amide bonds. The van der Waals surface area contributed by atoms with E-state index in [-0.39, 0.29) is 12.0 Å². The van der Waals surface area contributed by atoms with Crippen LogP contribution in [0.25, 0.3) is 0 Å². The second kappa shape index (κ2) is 16.3. The molecular formula is C30H50N2O7. The average molecular weight is 551 g/mol. The molecule has 1 aliphatic heterocycles. The molecule has 0 radical (unpaired) electrons. The van der Waals surface area contributed by atoms with E-state index in [4.69, 9.17) is 23.7 Å². The monoisotopic (exact) mass is 550 g/mol. The highest BCUT2D eigenvalue weighted by atomic mass is 16.6. The summed E-state index contributed by atoms with van der Waals surface area (Å²) in [5.41, 5.74) is -0.192. The molecule has 39 heavy (non-hydrogen) atoms. The van der Waals surface area contributed by atoms with Crippen molar-refractivity contribution in [2.45, 2.75) is 92.6 Å². The number of piperazine rings is 1. The summed E-state index contributed by atoms with van der Waals surface area (Å²) in [6, 6.07) is 1.73. The SMILES string of the molecule is CCCCOc1cc(C(=O)N2CCN(C(=O)OC(C)(C)C)CC2)c(OCC)c(OCCCC)c1OCCCC. The van der Waals surface area contributed by atoms with Gasteiger partial charge in [-0.15, -0.1) is 0 Å². The van der Waals surface area contributed by atoms with Crippen molar-refractivity contribution in [1.82, 2.24) is 9.80 Å². The maximum Gasteiger partial charge on any atom is 0.410 e. The Morgan fingerprint density at radius 1 is 0.718 bits per heavy atom. The fraction of sp³-hybridized carbons (Fsp3) is 0.733. The maximum absolute atomic E-state index is 13.9. The number of rotatable bonds is 15. The number of nitrogens with zero attached hydrogens (tertiary/aromatic N) is 2. The van der Waals surface area contributed by atoms with E-state index in [0.29, 0.717) is 81.2 Å². The predicted molar refractivity (Wildman–Crippen MR) is 153 cm³/mol. The Balaban J connectivity index is 2.42. The molecule has 0 unspecified atom stereocenters. The highest BCUT2D eigenvalue weighted by molar-refractivity contribution is 5.99. The Morgan fingerprint density at radius 2 is 1.23 bits per heavy atom. The number of unbranched alkanes of at least 4 members (excludes halogenated alkanes) is 3. The molecule has 0 N–H and O–H groups in total. The van der Waals surface area contributed by atoms with E-state index < -0.39 is 5.60 Å². The van der Waals surface area contributed by atoms with Crippen LogP contribution < -0.4 is 18.9 Å². The van der Waals surface area contributed by atoms with E-state index in [9.17, 15) is 9.59 Å². The van der Waals surface area contributed by atoms with Crippen molar-refractivity contribution in [3.8, 4) is 23.0 Å². The Kier molecular flexibility index (Phi) is 13.5. The Bertz CT molecular complexity index is 906. The number of hydrogen-bond donors (Lipinski definition) is 0. The smallest absolute Gasteiger partial charge is 0.410 e. The summed E-state index contributed by atoms with van der Waals surface area (Å²) in [6.07, 6.45) is 5.20. The molecule has 1 fully saturated rings. The second-order valence-corrected chi connectivity index (χ2v) is 10.7. The molecule has 0 saturated carbocycles. The van der Waals surface area contributed by atoms with Gasteiger partial charge in [0, 0.05) is 32.2 Å². The van der Waals surface area contributed by atoms with Gasteiger partial charge in [-0.25, -0.2) is 4.79 Å². The summed E-state index contributed by atoms with van der Waals surface area (Å²) >= 11 is 0. The van der Waals surface area contributed by atoms with Crippen LogP contribution in [0.4, 0.5) is 4.79 Å². The van der Waals surface area contributed by atoms with Gasteiger partial charge in [0.15, 0.2) is 11.5 Å². The van der Waals surface area contributed by atoms with Crippen molar-refractivity contribution < 1.29 is 33.3 Å². The van der Waals surface area contributed by atoms with Crippen LogP contribution in [-0.2, 0) is 4.74 Å². The van der Waals surface area contributed by atoms with Crippen LogP contribution in [0.3, 0.4) is 0 Å². The molecule has 0 spiro atoms. The van der Waals surface area contributed by atoms with Gasteiger partial charge in [0.25, 0.3) is 5.91 Å². The lowest BCUT2D eigenvalue weighted by Crippen LogP contribution is -2.51. The van der Waals surface area contributed by atoms with E-state index in [2.05, 4.69) is 20.8 Å². The van der Waals surface area contributed by atoms with Crippen molar-refractivity contribution in [3.05, 3.63) is 11.6 Å². The normalized spacial score (nSPS) is 13.7. The standard InChI is InChI=1S/C30H50N2O7/c1-8-12-19-36-24-22-23(28(33)31-15-17-32(18-16-31)29(34)39-30(5,6)7)25(35-11-4)27(38-21-14-10-3)26(24)37-20-13-9-2/h22H,8-21H2,1-7H3. The van der Waals surface area contributed by atoms with E-state index >= 15 is 0 Å². The summed E-state index contributed by atoms with van der Waals surface area (Å²) in [4.78, 5) is 29.8. The first kappa shape index (κ1) is 32.4. The highest BCUT2D eigenvalue weighted by Crippen LogP contribution is 2.48. The van der Waals surface area contributed by atoms with Gasteiger partial charge in [0.05, 0.1) is 32.0 Å². The van der Waals surface area contributed by atoms with Gasteiger partial charge < -0.3 is 33.5 Å². The minimum Gasteiger partial charge on any atom is -0.490 e. The van der Waals surface area contributed by atoms with Crippen molar-refractivity contribution in [2.75, 3.05) is 52.6 Å². The van der Waals surface area contributed by atoms with Gasteiger partial charge in [-0.1, -0.05) is 40.0 Å². The van der Waals surface area contributed by atoms with E-state index in [0.717, 1.165) is 38.5 Å². The largest absolute Gasteiger partial charge is 0.490 e. The molecule has 0 bridgehead atoms. The molecule has 0 aromatic heterocycles. The molecule has 9 heteroatoms. The molecular weight excluding hydrogens is 500 g/mol. The summed E-state index contributed by atoms with van der Waals surface area (Å²) < 4.78 is 30.2. The molecule has 1 aromatic carbocycles. The van der Waals surface area contributed by atoms with Crippen molar-refractivity contribution in [1.29, 1.82) is 0 Å². The number of ether oxygens (including phenoxy) is 5. The second-order valence-electron chi connectivity index (χ2n) is 10.7. The lowest BCUT2D eigenvalue weighted by Gasteiger charge is -2.36. The van der Waals surface area contributed by atoms with Gasteiger partial charge in [-0.3, -0.25) is 4.79 Å². The van der Waals surface area contributed by atoms with Crippen LogP contribution in [0.2, 0.25) is 0 Å². The van der Waals surface area contributed by atoms with Crippen LogP contribution in [-0.4, -0.2) is 80.0 Å². The Labute approximate surface area is 235 Å². The van der Waals surface area contributed by atoms with Crippen LogP contribution in [0, 0.1) is 0 Å². The third kappa shape index (κ3) is 10.0. The van der Waals surface area contributed by atoms with Crippen molar-refractivity contribution in [2.24, 2.45) is 0 Å². The van der Waals surface area contributed by atoms with E-state index in [1.165, 1.54) is 0 Å². The quantitative estimate of drug-likeness (QED) is 0.236. The lowest BCUT2D eigenvalue weighted by molar-refractivity contribution is 0.0140. The van der Waals surface area contributed by atoms with E-state index in [1.54, 1.807) is 15.9 Å². The maximum atomic E-state index is 13.9. The van der Waals surface area contributed by atoms with Gasteiger partial charge in [-0.05, 0) is 47.0 Å². The fourth-order valence-electron chi connectivity index (χ4n) is 3.97. The molecule has 2 rings (SSSR count). The molecule has 0 aliphatic carbocycles. The average Bonchev–Trinajstić information content (AvgIpc) is 2.90. The summed E-state index contributed by atoms with van der Waals surface area (Å²) in [6.45, 7) is 17.1. The molecule has 1 heterocycles. The number of benzene rings is 1. The third-order valence-electron chi connectivity index (χ3n) is 6.14. The zero-order valence-electron chi connectivity index (χ0n) is 25.2. The van der Waals surface area contributed by atoms with Crippen LogP contribution in [0.1, 0.15) is 97.3 Å². The number of carbonyl (C=O) groups excluding carboxylic acids is 2. The first-order valence-corrected chi connectivity index (χ1v) is 14.7. The zero-order valence-corrected chi connectivity index (χ0v) is 25.2. The summed E-state index contributed by atoms with van der Waals surface area (Å²) in [7, 11) is 0. The first-order chi connectivity index (χ1) is 18.7. The molecule has 9 nitrogen and oxygen atoms in total. The lowest BCUT2D eigenvalue weighted by atomic mass is 10.1. The summed E-state index contributed by atoms with van der Waals surface area (Å²) in [5.74, 6) is 1.59. The van der Waals surface area contributed by atoms with Gasteiger partial charge >= 0.3 is 6.09 Å². The van der Waals surface area contributed by atoms with Crippen LogP contribution >= 0.6 is 0 Å². The number of amides is 2. The highest BCUT2D eigenvalue weighted by Gasteiger charge is 2.32. The molecule has 1 aromatic rings. The van der Waals surface area contributed by atoms with Crippen molar-refractivity contribution in [3.63, 3.8) is 0 Å². The molecule has 0 atom stereocenters. The third-order valence-corrected chi connectivity index (χ3v) is 6.14. The van der Waals surface area contributed by atoms with Gasteiger partial charge in [0.2, 0.25) is 11.5 Å². The number of carbonyl (C=O) groups is 2. The topological polar surface area (TPSA) is 86.8 Å². The van der Waals surface area contributed by atoms with Gasteiger partial charge in [0.1, 0.15) is 5.60 Å². The Hall–Kier alpha value is -2.84. The molecule has 1 aliphatic rings. The predicted octanol–water partition coefficient (Wildman–Crippen LogP) is 6.31. The molecule has 222 valence electrons. The minimum atomic E-state index is -0.570. The first-order valence-electron chi connectivity index (χ1n) is 14.7.